The molecular formula is C14H11BrN4OS. The molecule has 0 aromatic carbocycles. The fraction of sp³-hybridized carbons (Fsp3) is 0.143. The van der Waals surface area contributed by atoms with Gasteiger partial charge in [0, 0.05) is 38.4 Å². The van der Waals surface area contributed by atoms with Gasteiger partial charge in [-0.1, -0.05) is 0 Å². The van der Waals surface area contributed by atoms with Crippen molar-refractivity contribution >= 4 is 33.6 Å². The smallest absolute Gasteiger partial charge is 0.250 e. The lowest BCUT2D eigenvalue weighted by molar-refractivity contribution is 0.112. The summed E-state index contributed by atoms with van der Waals surface area (Å²) in [5.74, 6) is 0.466. The second kappa shape index (κ2) is 5.50. The monoisotopic (exact) mass is 362 g/mol. The molecule has 106 valence electrons. The Bertz CT molecular complexity index is 804. The number of hydrogen-bond donors (Lipinski definition) is 0. The maximum atomic E-state index is 11.3. The summed E-state index contributed by atoms with van der Waals surface area (Å²) >= 11 is 5.02. The number of nitrogens with zero attached hydrogens (tertiary/aromatic N) is 4. The highest BCUT2D eigenvalue weighted by Gasteiger charge is 2.16. The van der Waals surface area contributed by atoms with Crippen molar-refractivity contribution in [2.75, 3.05) is 0 Å². The number of carbonyl (C=O) groups is 1. The average molecular weight is 363 g/mol. The van der Waals surface area contributed by atoms with Crippen LogP contribution in [0.25, 0.3) is 17.2 Å². The summed E-state index contributed by atoms with van der Waals surface area (Å²) in [4.78, 5) is 20.0. The van der Waals surface area contributed by atoms with Gasteiger partial charge >= 0.3 is 0 Å². The number of hydrogen-bond acceptors (Lipinski definition) is 5. The molecule has 0 N–H and O–H groups in total. The minimum atomic E-state index is 0.466. The second-order valence-electron chi connectivity index (χ2n) is 4.58. The molecule has 0 unspecified atom stereocenters. The van der Waals surface area contributed by atoms with E-state index in [2.05, 4.69) is 31.0 Å². The first-order valence-electron chi connectivity index (χ1n) is 6.18. The van der Waals surface area contributed by atoms with Crippen LogP contribution < -0.4 is 0 Å². The molecule has 0 aliphatic rings. The molecule has 3 aromatic rings. The lowest BCUT2D eigenvalue weighted by Crippen LogP contribution is -2.04. The molecule has 5 nitrogen and oxygen atoms in total. The lowest BCUT2D eigenvalue weighted by atomic mass is 10.2. The van der Waals surface area contributed by atoms with E-state index in [1.807, 2.05) is 30.7 Å². The van der Waals surface area contributed by atoms with Gasteiger partial charge in [-0.2, -0.15) is 16.4 Å². The van der Waals surface area contributed by atoms with Crippen molar-refractivity contribution < 1.29 is 4.79 Å². The third-order valence-corrected chi connectivity index (χ3v) is 4.62. The lowest BCUT2D eigenvalue weighted by Gasteiger charge is -2.02. The summed E-state index contributed by atoms with van der Waals surface area (Å²) < 4.78 is 2.46. The minimum absolute atomic E-state index is 0.466. The van der Waals surface area contributed by atoms with Crippen LogP contribution >= 0.6 is 27.3 Å². The molecule has 0 amide bonds. The SMILES string of the molecule is Cc1cc(C)nc(-n2cc(C=O)c(-c3cscc3Br)n2)n1. The normalized spacial score (nSPS) is 10.8. The van der Waals surface area contributed by atoms with Crippen molar-refractivity contribution in [3.63, 3.8) is 0 Å². The van der Waals surface area contributed by atoms with Crippen LogP contribution in [0, 0.1) is 13.8 Å². The van der Waals surface area contributed by atoms with E-state index in [1.165, 1.54) is 0 Å². The summed E-state index contributed by atoms with van der Waals surface area (Å²) in [5.41, 5.74) is 3.75. The summed E-state index contributed by atoms with van der Waals surface area (Å²) in [7, 11) is 0. The zero-order valence-electron chi connectivity index (χ0n) is 11.4. The number of aromatic nitrogens is 4. The molecule has 3 rings (SSSR count). The number of aryl methyl sites for hydroxylation is 2. The summed E-state index contributed by atoms with van der Waals surface area (Å²) in [6.45, 7) is 3.80. The molecule has 0 spiro atoms. The van der Waals surface area contributed by atoms with Crippen LogP contribution in [-0.4, -0.2) is 26.0 Å². The Morgan fingerprint density at radius 3 is 2.52 bits per heavy atom. The molecule has 0 radical (unpaired) electrons. The van der Waals surface area contributed by atoms with E-state index in [9.17, 15) is 4.79 Å². The highest BCUT2D eigenvalue weighted by atomic mass is 79.9. The van der Waals surface area contributed by atoms with Gasteiger partial charge in [-0.05, 0) is 35.8 Å². The average Bonchev–Trinajstić information content (AvgIpc) is 3.03. The minimum Gasteiger partial charge on any atom is -0.298 e. The first-order chi connectivity index (χ1) is 10.1. The Morgan fingerprint density at radius 2 is 1.95 bits per heavy atom. The topological polar surface area (TPSA) is 60.7 Å². The summed E-state index contributed by atoms with van der Waals surface area (Å²) in [6.07, 6.45) is 2.45. The van der Waals surface area contributed by atoms with E-state index >= 15 is 0 Å². The molecule has 0 atom stereocenters. The second-order valence-corrected chi connectivity index (χ2v) is 6.18. The zero-order chi connectivity index (χ0) is 15.0. The maximum absolute atomic E-state index is 11.3. The van der Waals surface area contributed by atoms with Crippen LogP contribution in [0.2, 0.25) is 0 Å². The molecule has 21 heavy (non-hydrogen) atoms. The molecule has 7 heteroatoms. The van der Waals surface area contributed by atoms with Crippen molar-refractivity contribution in [2.45, 2.75) is 13.8 Å². The molecule has 3 heterocycles. The Kier molecular flexibility index (Phi) is 3.69. The third-order valence-electron chi connectivity index (χ3n) is 2.91. The van der Waals surface area contributed by atoms with Gasteiger partial charge in [0.1, 0.15) is 5.69 Å². The van der Waals surface area contributed by atoms with Gasteiger partial charge in [0.05, 0.1) is 5.56 Å². The van der Waals surface area contributed by atoms with E-state index in [1.54, 1.807) is 22.2 Å². The fourth-order valence-electron chi connectivity index (χ4n) is 2.05. The number of halogens is 1. The van der Waals surface area contributed by atoms with E-state index in [0.717, 1.165) is 27.7 Å². The van der Waals surface area contributed by atoms with Crippen LogP contribution in [0.5, 0.6) is 0 Å². The molecule has 0 aliphatic carbocycles. The van der Waals surface area contributed by atoms with Gasteiger partial charge in [0.2, 0.25) is 0 Å². The quantitative estimate of drug-likeness (QED) is 0.668. The first kappa shape index (κ1) is 14.1. The molecular weight excluding hydrogens is 352 g/mol. The van der Waals surface area contributed by atoms with Crippen molar-refractivity contribution in [3.05, 3.63) is 44.4 Å². The van der Waals surface area contributed by atoms with Crippen LogP contribution in [0.4, 0.5) is 0 Å². The van der Waals surface area contributed by atoms with Crippen LogP contribution in [-0.2, 0) is 0 Å². The van der Waals surface area contributed by atoms with E-state index in [-0.39, 0.29) is 0 Å². The fourth-order valence-corrected chi connectivity index (χ4v) is 3.51. The van der Waals surface area contributed by atoms with Crippen molar-refractivity contribution in [2.24, 2.45) is 0 Å². The van der Waals surface area contributed by atoms with Crippen molar-refractivity contribution in [3.8, 4) is 17.2 Å². The predicted octanol–water partition coefficient (Wildman–Crippen LogP) is 3.58. The number of aldehydes is 1. The molecule has 3 aromatic heterocycles. The number of thiophene rings is 1. The molecule has 0 bridgehead atoms. The number of carbonyl (C=O) groups excluding carboxylic acids is 1. The highest BCUT2D eigenvalue weighted by Crippen LogP contribution is 2.32. The largest absolute Gasteiger partial charge is 0.298 e. The Morgan fingerprint density at radius 1 is 1.24 bits per heavy atom. The first-order valence-corrected chi connectivity index (χ1v) is 7.91. The van der Waals surface area contributed by atoms with Gasteiger partial charge in [-0.15, -0.1) is 0 Å². The Balaban J connectivity index is 2.16. The van der Waals surface area contributed by atoms with E-state index < -0.39 is 0 Å². The van der Waals surface area contributed by atoms with Crippen LogP contribution in [0.3, 0.4) is 0 Å². The summed E-state index contributed by atoms with van der Waals surface area (Å²) in [6, 6.07) is 1.89. The predicted molar refractivity (Wildman–Crippen MR) is 85.0 cm³/mol. The van der Waals surface area contributed by atoms with Crippen molar-refractivity contribution in [1.82, 2.24) is 19.7 Å². The van der Waals surface area contributed by atoms with Gasteiger partial charge in [0.15, 0.2) is 6.29 Å². The number of rotatable bonds is 3. The van der Waals surface area contributed by atoms with E-state index in [0.29, 0.717) is 17.2 Å². The standard InChI is InChI=1S/C14H11BrN4OS/c1-8-3-9(2)17-14(16-8)19-4-10(5-20)13(18-19)11-6-21-7-12(11)15/h3-7H,1-2H3. The van der Waals surface area contributed by atoms with Crippen LogP contribution in [0.1, 0.15) is 21.7 Å². The zero-order valence-corrected chi connectivity index (χ0v) is 13.8. The Labute approximate surface area is 133 Å². The molecule has 0 saturated carbocycles. The molecule has 0 aliphatic heterocycles. The third kappa shape index (κ3) is 2.66. The van der Waals surface area contributed by atoms with Crippen LogP contribution in [0.15, 0.2) is 27.5 Å². The van der Waals surface area contributed by atoms with E-state index in [4.69, 9.17) is 0 Å². The summed E-state index contributed by atoms with van der Waals surface area (Å²) in [5, 5.41) is 8.38. The Hall–Kier alpha value is -1.86. The van der Waals surface area contributed by atoms with Gasteiger partial charge in [-0.25, -0.2) is 14.6 Å². The molecule has 0 fully saturated rings. The maximum Gasteiger partial charge on any atom is 0.250 e. The van der Waals surface area contributed by atoms with Gasteiger partial charge in [-0.3, -0.25) is 4.79 Å². The molecule has 0 saturated heterocycles. The van der Waals surface area contributed by atoms with Gasteiger partial charge < -0.3 is 0 Å². The van der Waals surface area contributed by atoms with Gasteiger partial charge in [0.25, 0.3) is 5.95 Å². The van der Waals surface area contributed by atoms with Crippen molar-refractivity contribution in [1.29, 1.82) is 0 Å². The highest BCUT2D eigenvalue weighted by molar-refractivity contribution is 9.10.